The zero-order valence-electron chi connectivity index (χ0n) is 11.5. The molecule has 3 rings (SSSR count). The molecule has 0 unspecified atom stereocenters. The van der Waals surface area contributed by atoms with E-state index in [0.29, 0.717) is 29.2 Å². The average Bonchev–Trinajstić information content (AvgIpc) is 2.92. The number of hydrogen-bond donors (Lipinski definition) is 1. The Bertz CT molecular complexity index is 827. The molecule has 9 nitrogen and oxygen atoms in total. The molecular weight excluding hydrogens is 274 g/mol. The molecule has 0 saturated carbocycles. The fraction of sp³-hybridized carbons (Fsp3) is 0.333. The lowest BCUT2D eigenvalue weighted by molar-refractivity contribution is -0.382. The van der Waals surface area contributed by atoms with Crippen LogP contribution in [-0.2, 0) is 0 Å². The molecule has 3 aromatic heterocycles. The lowest BCUT2D eigenvalue weighted by Gasteiger charge is -2.12. The van der Waals surface area contributed by atoms with Crippen LogP contribution in [0.4, 0.5) is 11.4 Å². The highest BCUT2D eigenvalue weighted by molar-refractivity contribution is 5.99. The Hall–Kier alpha value is -2.84. The van der Waals surface area contributed by atoms with Gasteiger partial charge < -0.3 is 5.32 Å². The SMILES string of the molecule is CC(C)CNc1c([N+](=O)[O-])c2nnnn2c2ncccc12. The molecular formula is C12H13N7O2. The Morgan fingerprint density at radius 3 is 2.95 bits per heavy atom. The van der Waals surface area contributed by atoms with Crippen molar-refractivity contribution in [3.05, 3.63) is 28.4 Å². The molecule has 108 valence electrons. The topological polar surface area (TPSA) is 111 Å². The number of fused-ring (bicyclic) bond motifs is 3. The second-order valence-electron chi connectivity index (χ2n) is 5.04. The van der Waals surface area contributed by atoms with Crippen molar-refractivity contribution in [3.63, 3.8) is 0 Å². The third-order valence-corrected chi connectivity index (χ3v) is 3.04. The van der Waals surface area contributed by atoms with E-state index in [1.807, 2.05) is 13.8 Å². The van der Waals surface area contributed by atoms with Crippen LogP contribution in [0.1, 0.15) is 13.8 Å². The summed E-state index contributed by atoms with van der Waals surface area (Å²) in [4.78, 5) is 15.2. The molecule has 1 N–H and O–H groups in total. The highest BCUT2D eigenvalue weighted by Crippen LogP contribution is 2.35. The fourth-order valence-electron chi connectivity index (χ4n) is 2.14. The number of aromatic nitrogens is 5. The van der Waals surface area contributed by atoms with E-state index >= 15 is 0 Å². The van der Waals surface area contributed by atoms with Crippen molar-refractivity contribution < 1.29 is 4.92 Å². The van der Waals surface area contributed by atoms with Crippen molar-refractivity contribution in [2.45, 2.75) is 13.8 Å². The van der Waals surface area contributed by atoms with Crippen LogP contribution in [0.3, 0.4) is 0 Å². The summed E-state index contributed by atoms with van der Waals surface area (Å²) in [6.45, 7) is 4.65. The van der Waals surface area contributed by atoms with Gasteiger partial charge in [-0.2, -0.15) is 4.52 Å². The van der Waals surface area contributed by atoms with E-state index in [1.54, 1.807) is 18.3 Å². The molecule has 9 heteroatoms. The van der Waals surface area contributed by atoms with Crippen LogP contribution < -0.4 is 5.32 Å². The molecule has 0 fully saturated rings. The summed E-state index contributed by atoms with van der Waals surface area (Å²) in [5, 5.41) is 26.3. The molecule has 0 aromatic carbocycles. The number of nitrogens with one attached hydrogen (secondary N) is 1. The Labute approximate surface area is 119 Å². The van der Waals surface area contributed by atoms with Gasteiger partial charge in [-0.15, -0.1) is 5.10 Å². The first kappa shape index (κ1) is 13.2. The maximum absolute atomic E-state index is 11.5. The monoisotopic (exact) mass is 287 g/mol. The quantitative estimate of drug-likeness (QED) is 0.573. The number of anilines is 1. The molecule has 0 amide bonds. The Kier molecular flexibility index (Phi) is 3.09. The lowest BCUT2D eigenvalue weighted by atomic mass is 10.1. The average molecular weight is 287 g/mol. The van der Waals surface area contributed by atoms with Gasteiger partial charge in [-0.1, -0.05) is 13.8 Å². The van der Waals surface area contributed by atoms with Crippen molar-refractivity contribution in [1.82, 2.24) is 25.0 Å². The van der Waals surface area contributed by atoms with Gasteiger partial charge in [-0.05, 0) is 28.5 Å². The Morgan fingerprint density at radius 2 is 2.24 bits per heavy atom. The maximum atomic E-state index is 11.5. The number of nitrogens with zero attached hydrogens (tertiary/aromatic N) is 6. The maximum Gasteiger partial charge on any atom is 0.339 e. The van der Waals surface area contributed by atoms with Gasteiger partial charge in [0.1, 0.15) is 5.69 Å². The van der Waals surface area contributed by atoms with E-state index < -0.39 is 4.92 Å². The minimum absolute atomic E-state index is 0.0810. The summed E-state index contributed by atoms with van der Waals surface area (Å²) in [5.41, 5.74) is 0.826. The second-order valence-corrected chi connectivity index (χ2v) is 5.04. The van der Waals surface area contributed by atoms with Gasteiger partial charge in [-0.3, -0.25) is 10.1 Å². The minimum atomic E-state index is -0.471. The van der Waals surface area contributed by atoms with Crippen LogP contribution in [0.2, 0.25) is 0 Å². The van der Waals surface area contributed by atoms with Gasteiger partial charge in [-0.25, -0.2) is 4.98 Å². The third-order valence-electron chi connectivity index (χ3n) is 3.04. The summed E-state index contributed by atoms with van der Waals surface area (Å²) >= 11 is 0. The van der Waals surface area contributed by atoms with Crippen LogP contribution in [0.5, 0.6) is 0 Å². The highest BCUT2D eigenvalue weighted by Gasteiger charge is 2.26. The molecule has 0 atom stereocenters. The smallest absolute Gasteiger partial charge is 0.339 e. The number of nitro groups is 1. The van der Waals surface area contributed by atoms with E-state index in [0.717, 1.165) is 0 Å². The second kappa shape index (κ2) is 4.93. The van der Waals surface area contributed by atoms with Crippen LogP contribution in [0.25, 0.3) is 16.7 Å². The largest absolute Gasteiger partial charge is 0.379 e. The van der Waals surface area contributed by atoms with Crippen molar-refractivity contribution in [2.24, 2.45) is 5.92 Å². The molecule has 0 bridgehead atoms. The third kappa shape index (κ3) is 2.12. The van der Waals surface area contributed by atoms with Crippen molar-refractivity contribution in [1.29, 1.82) is 0 Å². The summed E-state index contributed by atoms with van der Waals surface area (Å²) in [7, 11) is 0. The van der Waals surface area contributed by atoms with E-state index in [4.69, 9.17) is 0 Å². The van der Waals surface area contributed by atoms with Gasteiger partial charge in [0.2, 0.25) is 0 Å². The molecule has 0 aliphatic carbocycles. The molecule has 0 spiro atoms. The summed E-state index contributed by atoms with van der Waals surface area (Å²) in [5.74, 6) is 0.337. The normalized spacial score (nSPS) is 11.4. The van der Waals surface area contributed by atoms with Crippen LogP contribution in [0, 0.1) is 16.0 Å². The number of pyridine rings is 2. The molecule has 3 aromatic rings. The highest BCUT2D eigenvalue weighted by atomic mass is 16.6. The predicted molar refractivity (Wildman–Crippen MR) is 76.1 cm³/mol. The van der Waals surface area contributed by atoms with Crippen LogP contribution >= 0.6 is 0 Å². The number of rotatable bonds is 4. The molecule has 0 saturated heterocycles. The predicted octanol–water partition coefficient (Wildman–Crippen LogP) is 1.65. The molecule has 21 heavy (non-hydrogen) atoms. The lowest BCUT2D eigenvalue weighted by Crippen LogP contribution is -2.12. The fourth-order valence-corrected chi connectivity index (χ4v) is 2.14. The molecule has 0 radical (unpaired) electrons. The first-order valence-corrected chi connectivity index (χ1v) is 6.46. The van der Waals surface area contributed by atoms with E-state index in [-0.39, 0.29) is 11.3 Å². The van der Waals surface area contributed by atoms with Gasteiger partial charge in [0, 0.05) is 18.1 Å². The van der Waals surface area contributed by atoms with Gasteiger partial charge in [0.05, 0.1) is 4.92 Å². The Morgan fingerprint density at radius 1 is 1.43 bits per heavy atom. The first-order valence-electron chi connectivity index (χ1n) is 6.46. The van der Waals surface area contributed by atoms with Crippen molar-refractivity contribution >= 4 is 28.1 Å². The van der Waals surface area contributed by atoms with Gasteiger partial charge in [0.25, 0.3) is 5.65 Å². The minimum Gasteiger partial charge on any atom is -0.379 e. The van der Waals surface area contributed by atoms with Crippen molar-refractivity contribution in [2.75, 3.05) is 11.9 Å². The molecule has 0 aliphatic rings. The summed E-state index contributed by atoms with van der Waals surface area (Å²) in [6.07, 6.45) is 1.60. The summed E-state index contributed by atoms with van der Waals surface area (Å²) in [6, 6.07) is 3.49. The van der Waals surface area contributed by atoms with Crippen LogP contribution in [0.15, 0.2) is 18.3 Å². The first-order chi connectivity index (χ1) is 10.1. The molecule has 3 heterocycles. The van der Waals surface area contributed by atoms with Gasteiger partial charge >= 0.3 is 5.69 Å². The standard InChI is InChI=1S/C12H13N7O2/c1-7(2)6-14-9-8-4-3-5-13-11(8)18-12(15-16-17-18)10(9)19(20)21/h3-5,7,14H,6H2,1-2H3. The Balaban J connectivity index is 2.37. The zero-order chi connectivity index (χ0) is 15.0. The number of tetrazole rings is 1. The van der Waals surface area contributed by atoms with Crippen LogP contribution in [-0.4, -0.2) is 36.5 Å². The van der Waals surface area contributed by atoms with E-state index in [1.165, 1.54) is 4.52 Å². The van der Waals surface area contributed by atoms with E-state index in [9.17, 15) is 10.1 Å². The molecule has 0 aliphatic heterocycles. The zero-order valence-corrected chi connectivity index (χ0v) is 11.5. The summed E-state index contributed by atoms with van der Waals surface area (Å²) < 4.78 is 1.29. The van der Waals surface area contributed by atoms with Gasteiger partial charge in [0.15, 0.2) is 5.65 Å². The number of hydrogen-bond acceptors (Lipinski definition) is 7. The van der Waals surface area contributed by atoms with Crippen molar-refractivity contribution in [3.8, 4) is 0 Å². The van der Waals surface area contributed by atoms with E-state index in [2.05, 4.69) is 25.8 Å².